The van der Waals surface area contributed by atoms with Crippen molar-refractivity contribution in [3.05, 3.63) is 71.4 Å². The number of carbonyl (C=O) groups excluding carboxylic acids is 2. The molecule has 0 atom stereocenters. The molecule has 28 heavy (non-hydrogen) atoms. The second kappa shape index (κ2) is 9.48. The average Bonchev–Trinajstić information content (AvgIpc) is 3.15. The van der Waals surface area contributed by atoms with Crippen molar-refractivity contribution in [3.8, 4) is 11.3 Å². The normalized spacial score (nSPS) is 10.5. The van der Waals surface area contributed by atoms with Gasteiger partial charge in [-0.05, 0) is 60.7 Å². The van der Waals surface area contributed by atoms with Gasteiger partial charge in [0.2, 0.25) is 11.8 Å². The van der Waals surface area contributed by atoms with E-state index in [4.69, 9.17) is 16.0 Å². The predicted molar refractivity (Wildman–Crippen MR) is 112 cm³/mol. The predicted octanol–water partition coefficient (Wildman–Crippen LogP) is 4.97. The lowest BCUT2D eigenvalue weighted by atomic mass is 10.2. The monoisotopic (exact) mass is 414 g/mol. The van der Waals surface area contributed by atoms with Crippen LogP contribution < -0.4 is 10.6 Å². The van der Waals surface area contributed by atoms with E-state index in [1.54, 1.807) is 12.1 Å². The number of halogens is 1. The Morgan fingerprint density at radius 3 is 2.39 bits per heavy atom. The number of benzene rings is 2. The topological polar surface area (TPSA) is 71.3 Å². The summed E-state index contributed by atoms with van der Waals surface area (Å²) in [6.07, 6.45) is 0. The minimum Gasteiger partial charge on any atom is -0.459 e. The zero-order chi connectivity index (χ0) is 19.9. The van der Waals surface area contributed by atoms with Gasteiger partial charge in [0.15, 0.2) is 0 Å². The Hall–Kier alpha value is -2.70. The van der Waals surface area contributed by atoms with Crippen LogP contribution in [0.4, 0.5) is 5.69 Å². The zero-order valence-corrected chi connectivity index (χ0v) is 16.8. The highest BCUT2D eigenvalue weighted by Crippen LogP contribution is 2.24. The molecule has 3 aromatic rings. The number of nitrogens with one attached hydrogen (secondary N) is 2. The number of thioether (sulfide) groups is 1. The Labute approximate surface area is 172 Å². The van der Waals surface area contributed by atoms with E-state index in [0.717, 1.165) is 21.9 Å². The molecule has 2 N–H and O–H groups in total. The van der Waals surface area contributed by atoms with Gasteiger partial charge in [-0.1, -0.05) is 11.6 Å². The highest BCUT2D eigenvalue weighted by molar-refractivity contribution is 8.00. The number of amides is 2. The van der Waals surface area contributed by atoms with Gasteiger partial charge in [0.25, 0.3) is 0 Å². The maximum absolute atomic E-state index is 12.1. The number of hydrogen-bond donors (Lipinski definition) is 2. The first kappa shape index (κ1) is 20.0. The molecular formula is C21H19ClN2O3S. The minimum absolute atomic E-state index is 0.0830. The molecule has 0 saturated heterocycles. The number of rotatable bonds is 7. The summed E-state index contributed by atoms with van der Waals surface area (Å²) >= 11 is 7.32. The molecule has 0 bridgehead atoms. The Morgan fingerprint density at radius 2 is 1.71 bits per heavy atom. The van der Waals surface area contributed by atoms with E-state index in [-0.39, 0.29) is 11.8 Å². The van der Waals surface area contributed by atoms with Crippen LogP contribution in [-0.4, -0.2) is 17.6 Å². The second-order valence-electron chi connectivity index (χ2n) is 6.04. The summed E-state index contributed by atoms with van der Waals surface area (Å²) in [5.41, 5.74) is 1.66. The molecule has 0 spiro atoms. The SMILES string of the molecule is CC(=O)Nc1ccc(SCC(=O)NCc2ccc(-c3ccc(Cl)cc3)o2)cc1. The average molecular weight is 415 g/mol. The fourth-order valence-corrected chi connectivity index (χ4v) is 3.32. The van der Waals surface area contributed by atoms with Gasteiger partial charge in [-0.15, -0.1) is 11.8 Å². The van der Waals surface area contributed by atoms with Crippen molar-refractivity contribution in [2.24, 2.45) is 0 Å². The maximum Gasteiger partial charge on any atom is 0.230 e. The molecule has 7 heteroatoms. The van der Waals surface area contributed by atoms with Gasteiger partial charge < -0.3 is 15.1 Å². The van der Waals surface area contributed by atoms with Crippen molar-refractivity contribution in [2.75, 3.05) is 11.1 Å². The molecule has 1 aromatic heterocycles. The summed E-state index contributed by atoms with van der Waals surface area (Å²) in [6.45, 7) is 1.79. The summed E-state index contributed by atoms with van der Waals surface area (Å²) in [7, 11) is 0. The van der Waals surface area contributed by atoms with E-state index in [1.807, 2.05) is 48.5 Å². The summed E-state index contributed by atoms with van der Waals surface area (Å²) in [4.78, 5) is 24.0. The first-order valence-electron chi connectivity index (χ1n) is 8.61. The Kier molecular flexibility index (Phi) is 6.79. The molecule has 2 amide bonds. The molecule has 0 fully saturated rings. The van der Waals surface area contributed by atoms with Gasteiger partial charge in [0.1, 0.15) is 11.5 Å². The molecule has 1 heterocycles. The fourth-order valence-electron chi connectivity index (χ4n) is 2.47. The van der Waals surface area contributed by atoms with Crippen LogP contribution in [-0.2, 0) is 16.1 Å². The van der Waals surface area contributed by atoms with E-state index >= 15 is 0 Å². The Bertz CT molecular complexity index is 953. The van der Waals surface area contributed by atoms with Crippen LogP contribution in [0.3, 0.4) is 0 Å². The maximum atomic E-state index is 12.1. The molecule has 0 saturated carbocycles. The van der Waals surface area contributed by atoms with E-state index in [0.29, 0.717) is 23.1 Å². The zero-order valence-electron chi connectivity index (χ0n) is 15.2. The standard InChI is InChI=1S/C21H19ClN2O3S/c1-14(25)24-17-6-9-19(10-7-17)28-13-21(26)23-12-18-8-11-20(27-18)15-2-4-16(22)5-3-15/h2-11H,12-13H2,1H3,(H,23,26)(H,24,25). The molecule has 0 aliphatic rings. The van der Waals surface area contributed by atoms with E-state index in [1.165, 1.54) is 18.7 Å². The van der Waals surface area contributed by atoms with E-state index < -0.39 is 0 Å². The van der Waals surface area contributed by atoms with Crippen LogP contribution in [0.15, 0.2) is 70.0 Å². The Balaban J connectivity index is 1.45. The second-order valence-corrected chi connectivity index (χ2v) is 7.53. The molecule has 0 aliphatic carbocycles. The van der Waals surface area contributed by atoms with Crippen molar-refractivity contribution >= 4 is 40.9 Å². The fraction of sp³-hybridized carbons (Fsp3) is 0.143. The molecule has 0 aliphatic heterocycles. The van der Waals surface area contributed by atoms with Gasteiger partial charge in [-0.25, -0.2) is 0 Å². The summed E-state index contributed by atoms with van der Waals surface area (Å²) in [5, 5.41) is 6.23. The van der Waals surface area contributed by atoms with Gasteiger partial charge in [-0.3, -0.25) is 9.59 Å². The lowest BCUT2D eigenvalue weighted by Crippen LogP contribution is -2.24. The van der Waals surface area contributed by atoms with E-state index in [9.17, 15) is 9.59 Å². The van der Waals surface area contributed by atoms with Crippen LogP contribution in [0.5, 0.6) is 0 Å². The third kappa shape index (κ3) is 5.90. The quantitative estimate of drug-likeness (QED) is 0.535. The number of anilines is 1. The third-order valence-electron chi connectivity index (χ3n) is 3.79. The number of carbonyl (C=O) groups is 2. The first-order chi connectivity index (χ1) is 13.5. The van der Waals surface area contributed by atoms with Crippen molar-refractivity contribution in [1.82, 2.24) is 5.32 Å². The van der Waals surface area contributed by atoms with Crippen LogP contribution in [0.25, 0.3) is 11.3 Å². The van der Waals surface area contributed by atoms with Crippen molar-refractivity contribution in [2.45, 2.75) is 18.4 Å². The smallest absolute Gasteiger partial charge is 0.230 e. The highest BCUT2D eigenvalue weighted by Gasteiger charge is 2.08. The van der Waals surface area contributed by atoms with Crippen LogP contribution >= 0.6 is 23.4 Å². The third-order valence-corrected chi connectivity index (χ3v) is 5.06. The van der Waals surface area contributed by atoms with Crippen molar-refractivity contribution in [1.29, 1.82) is 0 Å². The van der Waals surface area contributed by atoms with Gasteiger partial charge in [-0.2, -0.15) is 0 Å². The van der Waals surface area contributed by atoms with E-state index in [2.05, 4.69) is 10.6 Å². The lowest BCUT2D eigenvalue weighted by molar-refractivity contribution is -0.118. The molecule has 2 aromatic carbocycles. The minimum atomic E-state index is -0.114. The van der Waals surface area contributed by atoms with Gasteiger partial charge >= 0.3 is 0 Å². The lowest BCUT2D eigenvalue weighted by Gasteiger charge is -2.05. The van der Waals surface area contributed by atoms with Gasteiger partial charge in [0.05, 0.1) is 12.3 Å². The molecule has 0 radical (unpaired) electrons. The molecule has 3 rings (SSSR count). The van der Waals surface area contributed by atoms with Gasteiger partial charge in [0, 0.05) is 28.1 Å². The van der Waals surface area contributed by atoms with Crippen molar-refractivity contribution in [3.63, 3.8) is 0 Å². The summed E-state index contributed by atoms with van der Waals surface area (Å²) in [6, 6.07) is 18.5. The molecular weight excluding hydrogens is 396 g/mol. The summed E-state index contributed by atoms with van der Waals surface area (Å²) in [5.74, 6) is 1.51. The molecule has 144 valence electrons. The first-order valence-corrected chi connectivity index (χ1v) is 9.98. The number of furan rings is 1. The van der Waals surface area contributed by atoms with Crippen LogP contribution in [0.1, 0.15) is 12.7 Å². The van der Waals surface area contributed by atoms with Crippen LogP contribution in [0.2, 0.25) is 5.02 Å². The Morgan fingerprint density at radius 1 is 1.00 bits per heavy atom. The summed E-state index contributed by atoms with van der Waals surface area (Å²) < 4.78 is 5.77. The molecule has 0 unspecified atom stereocenters. The molecule has 5 nitrogen and oxygen atoms in total. The van der Waals surface area contributed by atoms with Crippen molar-refractivity contribution < 1.29 is 14.0 Å². The largest absolute Gasteiger partial charge is 0.459 e. The number of hydrogen-bond acceptors (Lipinski definition) is 4. The van der Waals surface area contributed by atoms with Crippen LogP contribution in [0, 0.1) is 0 Å². The highest BCUT2D eigenvalue weighted by atomic mass is 35.5.